The van der Waals surface area contributed by atoms with E-state index in [0.717, 1.165) is 12.0 Å². The third-order valence-corrected chi connectivity index (χ3v) is 0.980. The molecule has 0 rings (SSSR count). The Hall–Kier alpha value is -0.850. The van der Waals surface area contributed by atoms with Crippen molar-refractivity contribution in [3.8, 4) is 0 Å². The second-order valence-corrected chi connectivity index (χ2v) is 2.00. The molecule has 0 heterocycles. The Labute approximate surface area is 56.6 Å². The summed E-state index contributed by atoms with van der Waals surface area (Å²) in [5.74, 6) is 0. The van der Waals surface area contributed by atoms with Crippen LogP contribution in [0.2, 0.25) is 0 Å². The Bertz CT molecular complexity index is 143. The molecule has 0 aliphatic rings. The van der Waals surface area contributed by atoms with Gasteiger partial charge in [-0.25, -0.2) is 0 Å². The average molecular weight is 123 g/mol. The Morgan fingerprint density at radius 2 is 2.22 bits per heavy atom. The molecule has 1 nitrogen and oxygen atoms in total. The van der Waals surface area contributed by atoms with E-state index in [1.54, 1.807) is 6.08 Å². The zero-order chi connectivity index (χ0) is 7.28. The molecule has 0 unspecified atom stereocenters. The van der Waals surface area contributed by atoms with Gasteiger partial charge in [0.05, 0.1) is 5.71 Å². The van der Waals surface area contributed by atoms with Crippen LogP contribution in [0.1, 0.15) is 20.3 Å². The van der Waals surface area contributed by atoms with Gasteiger partial charge in [-0.15, -0.1) is 0 Å². The van der Waals surface area contributed by atoms with Crippen LogP contribution in [-0.2, 0) is 0 Å². The molecule has 0 aliphatic carbocycles. The van der Waals surface area contributed by atoms with Gasteiger partial charge in [0.15, 0.2) is 0 Å². The first-order valence-electron chi connectivity index (χ1n) is 3.09. The third kappa shape index (κ3) is 3.71. The number of hydrogen-bond donors (Lipinski definition) is 1. The smallest absolute Gasteiger partial charge is 0.0559 e. The van der Waals surface area contributed by atoms with Crippen molar-refractivity contribution in [2.24, 2.45) is 0 Å². The minimum Gasteiger partial charge on any atom is -0.301 e. The van der Waals surface area contributed by atoms with Crippen molar-refractivity contribution >= 4 is 5.71 Å². The molecule has 0 saturated carbocycles. The van der Waals surface area contributed by atoms with Crippen LogP contribution in [0.25, 0.3) is 0 Å². The van der Waals surface area contributed by atoms with E-state index in [1.807, 2.05) is 19.9 Å². The van der Waals surface area contributed by atoms with Gasteiger partial charge in [0.25, 0.3) is 0 Å². The minimum atomic E-state index is 0.525. The van der Waals surface area contributed by atoms with E-state index in [2.05, 4.69) is 6.58 Å². The Morgan fingerprint density at radius 3 is 2.56 bits per heavy atom. The van der Waals surface area contributed by atoms with Crippen LogP contribution in [0.15, 0.2) is 24.3 Å². The van der Waals surface area contributed by atoms with Crippen molar-refractivity contribution in [2.75, 3.05) is 0 Å². The summed E-state index contributed by atoms with van der Waals surface area (Å²) in [4.78, 5) is 0. The van der Waals surface area contributed by atoms with Crippen LogP contribution >= 0.6 is 0 Å². The molecule has 0 radical (unpaired) electrons. The zero-order valence-corrected chi connectivity index (χ0v) is 6.07. The number of rotatable bonds is 3. The first kappa shape index (κ1) is 8.15. The molecule has 0 amide bonds. The van der Waals surface area contributed by atoms with Gasteiger partial charge >= 0.3 is 0 Å². The van der Waals surface area contributed by atoms with Gasteiger partial charge in [0.1, 0.15) is 0 Å². The Morgan fingerprint density at radius 1 is 1.67 bits per heavy atom. The molecule has 0 aromatic carbocycles. The quantitative estimate of drug-likeness (QED) is 0.558. The standard InChI is InChI=1S/C8H13N/c1-4-5-6-8(9)7(2)3/h5-6,9H,2,4H2,1,3H3/b6-5-,9-8?. The molecule has 0 spiro atoms. The molecule has 0 saturated heterocycles. The SMILES string of the molecule is C=C(C)C(=N)/C=C\CC. The maximum absolute atomic E-state index is 7.26. The van der Waals surface area contributed by atoms with Crippen LogP contribution in [0.3, 0.4) is 0 Å². The van der Waals surface area contributed by atoms with Crippen LogP contribution in [0.4, 0.5) is 0 Å². The predicted octanol–water partition coefficient (Wildman–Crippen LogP) is 2.55. The van der Waals surface area contributed by atoms with Gasteiger partial charge in [-0.3, -0.25) is 0 Å². The molecule has 0 aliphatic heterocycles. The van der Waals surface area contributed by atoms with Gasteiger partial charge < -0.3 is 5.41 Å². The van der Waals surface area contributed by atoms with E-state index in [9.17, 15) is 0 Å². The molecule has 1 heteroatoms. The lowest BCUT2D eigenvalue weighted by Crippen LogP contribution is -1.89. The summed E-state index contributed by atoms with van der Waals surface area (Å²) >= 11 is 0. The predicted molar refractivity (Wildman–Crippen MR) is 42.0 cm³/mol. The highest BCUT2D eigenvalue weighted by molar-refractivity contribution is 6.05. The monoisotopic (exact) mass is 123 g/mol. The lowest BCUT2D eigenvalue weighted by atomic mass is 10.2. The third-order valence-electron chi connectivity index (χ3n) is 0.980. The molecule has 1 N–H and O–H groups in total. The van der Waals surface area contributed by atoms with Gasteiger partial charge in [0.2, 0.25) is 0 Å². The summed E-state index contributed by atoms with van der Waals surface area (Å²) in [6.07, 6.45) is 4.72. The molecular formula is C8H13N. The molecule has 0 atom stereocenters. The number of allylic oxidation sites excluding steroid dienone is 3. The van der Waals surface area contributed by atoms with Crippen LogP contribution in [-0.4, -0.2) is 5.71 Å². The maximum atomic E-state index is 7.26. The fourth-order valence-electron chi connectivity index (χ4n) is 0.378. The molecule has 0 aromatic heterocycles. The van der Waals surface area contributed by atoms with Gasteiger partial charge in [-0.1, -0.05) is 19.6 Å². The van der Waals surface area contributed by atoms with Crippen LogP contribution in [0.5, 0.6) is 0 Å². The van der Waals surface area contributed by atoms with Crippen molar-refractivity contribution in [2.45, 2.75) is 20.3 Å². The summed E-state index contributed by atoms with van der Waals surface area (Å²) in [7, 11) is 0. The summed E-state index contributed by atoms with van der Waals surface area (Å²) in [5.41, 5.74) is 1.34. The van der Waals surface area contributed by atoms with Crippen molar-refractivity contribution < 1.29 is 0 Å². The average Bonchev–Trinajstić information content (AvgIpc) is 1.82. The first-order valence-corrected chi connectivity index (χ1v) is 3.09. The number of hydrogen-bond acceptors (Lipinski definition) is 1. The van der Waals surface area contributed by atoms with Crippen molar-refractivity contribution in [1.29, 1.82) is 5.41 Å². The van der Waals surface area contributed by atoms with Gasteiger partial charge in [-0.2, -0.15) is 0 Å². The topological polar surface area (TPSA) is 23.9 Å². The summed E-state index contributed by atoms with van der Waals surface area (Å²) in [5, 5.41) is 7.26. The first-order chi connectivity index (χ1) is 4.18. The summed E-state index contributed by atoms with van der Waals surface area (Å²) in [6, 6.07) is 0. The minimum absolute atomic E-state index is 0.525. The summed E-state index contributed by atoms with van der Waals surface area (Å²) in [6.45, 7) is 7.51. The highest BCUT2D eigenvalue weighted by Crippen LogP contribution is 1.92. The molecule has 9 heavy (non-hydrogen) atoms. The number of nitrogens with one attached hydrogen (secondary N) is 1. The Balaban J connectivity index is 3.77. The highest BCUT2D eigenvalue weighted by atomic mass is 14.4. The molecule has 0 fully saturated rings. The van der Waals surface area contributed by atoms with Crippen molar-refractivity contribution in [1.82, 2.24) is 0 Å². The lowest BCUT2D eigenvalue weighted by Gasteiger charge is -1.91. The highest BCUT2D eigenvalue weighted by Gasteiger charge is 1.86. The normalized spacial score (nSPS) is 10.0. The van der Waals surface area contributed by atoms with E-state index in [0.29, 0.717) is 5.71 Å². The van der Waals surface area contributed by atoms with Crippen LogP contribution in [0, 0.1) is 5.41 Å². The fourth-order valence-corrected chi connectivity index (χ4v) is 0.378. The van der Waals surface area contributed by atoms with Gasteiger partial charge in [0, 0.05) is 0 Å². The van der Waals surface area contributed by atoms with E-state index in [4.69, 9.17) is 5.41 Å². The van der Waals surface area contributed by atoms with E-state index < -0.39 is 0 Å². The molecular weight excluding hydrogens is 110 g/mol. The molecule has 50 valence electrons. The largest absolute Gasteiger partial charge is 0.301 e. The second kappa shape index (κ2) is 4.07. The summed E-state index contributed by atoms with van der Waals surface area (Å²) < 4.78 is 0. The maximum Gasteiger partial charge on any atom is 0.0559 e. The molecule has 0 bridgehead atoms. The van der Waals surface area contributed by atoms with E-state index >= 15 is 0 Å². The molecule has 0 aromatic rings. The van der Waals surface area contributed by atoms with Crippen molar-refractivity contribution in [3.05, 3.63) is 24.3 Å². The second-order valence-electron chi connectivity index (χ2n) is 2.00. The van der Waals surface area contributed by atoms with E-state index in [-0.39, 0.29) is 0 Å². The Kier molecular flexibility index (Phi) is 3.69. The fraction of sp³-hybridized carbons (Fsp3) is 0.375. The van der Waals surface area contributed by atoms with Crippen molar-refractivity contribution in [3.63, 3.8) is 0 Å². The zero-order valence-electron chi connectivity index (χ0n) is 6.07. The van der Waals surface area contributed by atoms with E-state index in [1.165, 1.54) is 0 Å². The lowest BCUT2D eigenvalue weighted by molar-refractivity contribution is 1.22. The van der Waals surface area contributed by atoms with Gasteiger partial charge in [-0.05, 0) is 25.0 Å². The van der Waals surface area contributed by atoms with Crippen LogP contribution < -0.4 is 0 Å².